The molecule has 5 nitrogen and oxygen atoms in total. The lowest BCUT2D eigenvalue weighted by Gasteiger charge is -2.37. The maximum Gasteiger partial charge on any atom is 0.169 e. The molecule has 1 rings (SSSR count). The largest absolute Gasteiger partial charge is 0.394 e. The molecule has 12 heavy (non-hydrogen) atoms. The lowest BCUT2D eigenvalue weighted by Crippen LogP contribution is -2.56. The van der Waals surface area contributed by atoms with Gasteiger partial charge in [-0.15, -0.1) is 0 Å². The first-order valence-electron chi connectivity index (χ1n) is 3.52. The third-order valence-electron chi connectivity index (χ3n) is 1.82. The van der Waals surface area contributed by atoms with Crippen molar-refractivity contribution < 1.29 is 25.2 Å². The molecule has 72 valence electrons. The van der Waals surface area contributed by atoms with E-state index in [0.29, 0.717) is 0 Å². The Bertz CT molecular complexity index is 150. The lowest BCUT2D eigenvalue weighted by atomic mass is 10.0. The third kappa shape index (κ3) is 1.88. The fraction of sp³-hybridized carbons (Fsp3) is 1.00. The zero-order chi connectivity index (χ0) is 9.30. The predicted octanol–water partition coefficient (Wildman–Crippen LogP) is -1.78. The Hall–Kier alpha value is 0.530. The van der Waals surface area contributed by atoms with E-state index >= 15 is 0 Å². The molecule has 0 aromatic heterocycles. The first kappa shape index (κ1) is 10.6. The average Bonchev–Trinajstić information content (AvgIpc) is 2.08. The first-order valence-corrected chi connectivity index (χ1v) is 4.77. The summed E-state index contributed by atoms with van der Waals surface area (Å²) in [6.07, 6.45) is -4.24. The van der Waals surface area contributed by atoms with Gasteiger partial charge < -0.3 is 25.2 Å². The number of aliphatic hydroxyl groups excluding tert-OH is 4. The predicted molar refractivity (Wildman–Crippen MR) is 47.8 cm³/mol. The van der Waals surface area contributed by atoms with E-state index in [1.165, 1.54) is 0 Å². The molecular formula is C6H11IO5. The minimum Gasteiger partial charge on any atom is -0.394 e. The fourth-order valence-electron chi connectivity index (χ4n) is 1.06. The minimum atomic E-state index is -1.14. The van der Waals surface area contributed by atoms with Crippen LogP contribution in [0.2, 0.25) is 0 Å². The van der Waals surface area contributed by atoms with Crippen LogP contribution in [0, 0.1) is 0 Å². The van der Waals surface area contributed by atoms with Crippen molar-refractivity contribution in [1.29, 1.82) is 0 Å². The number of halogens is 1. The summed E-state index contributed by atoms with van der Waals surface area (Å²) in [6, 6.07) is 0. The Labute approximate surface area is 83.1 Å². The van der Waals surface area contributed by atoms with Gasteiger partial charge in [0.2, 0.25) is 0 Å². The average molecular weight is 290 g/mol. The Morgan fingerprint density at radius 1 is 1.17 bits per heavy atom. The van der Waals surface area contributed by atoms with Crippen molar-refractivity contribution >= 4 is 22.6 Å². The quantitative estimate of drug-likeness (QED) is 0.339. The van der Waals surface area contributed by atoms with Crippen molar-refractivity contribution in [3.8, 4) is 0 Å². The molecule has 0 amide bonds. The van der Waals surface area contributed by atoms with E-state index in [-0.39, 0.29) is 0 Å². The highest BCUT2D eigenvalue weighted by Crippen LogP contribution is 2.24. The second-order valence-electron chi connectivity index (χ2n) is 2.67. The van der Waals surface area contributed by atoms with Gasteiger partial charge in [0, 0.05) is 0 Å². The summed E-state index contributed by atoms with van der Waals surface area (Å²) >= 11 is 1.78. The molecule has 4 N–H and O–H groups in total. The van der Waals surface area contributed by atoms with Gasteiger partial charge in [-0.1, -0.05) is 22.6 Å². The third-order valence-corrected chi connectivity index (χ3v) is 3.18. The van der Waals surface area contributed by atoms with Crippen molar-refractivity contribution in [2.45, 2.75) is 28.5 Å². The SMILES string of the molecule is OCC1OC(O)C(I)C(O)C1O. The summed E-state index contributed by atoms with van der Waals surface area (Å²) < 4.78 is 4.25. The van der Waals surface area contributed by atoms with Crippen molar-refractivity contribution in [3.05, 3.63) is 0 Å². The number of rotatable bonds is 1. The zero-order valence-corrected chi connectivity index (χ0v) is 8.33. The van der Waals surface area contributed by atoms with Crippen LogP contribution in [0.5, 0.6) is 0 Å². The first-order chi connectivity index (χ1) is 5.57. The second kappa shape index (κ2) is 4.16. The van der Waals surface area contributed by atoms with Crippen LogP contribution >= 0.6 is 22.6 Å². The highest BCUT2D eigenvalue weighted by molar-refractivity contribution is 14.1. The van der Waals surface area contributed by atoms with Crippen LogP contribution in [-0.4, -0.2) is 55.6 Å². The highest BCUT2D eigenvalue weighted by Gasteiger charge is 2.41. The van der Waals surface area contributed by atoms with E-state index in [9.17, 15) is 10.2 Å². The molecule has 0 aliphatic carbocycles. The molecule has 5 unspecified atom stereocenters. The standard InChI is InChI=1S/C6H11IO5/c7-3-5(10)4(9)2(1-8)12-6(3)11/h2-6,8-11H,1H2. The summed E-state index contributed by atoms with van der Waals surface area (Å²) in [5.41, 5.74) is 0. The summed E-state index contributed by atoms with van der Waals surface area (Å²) in [4.78, 5) is 0. The molecule has 1 aliphatic heterocycles. The van der Waals surface area contributed by atoms with E-state index in [4.69, 9.17) is 14.9 Å². The van der Waals surface area contributed by atoms with Gasteiger partial charge in [0.25, 0.3) is 0 Å². The van der Waals surface area contributed by atoms with Gasteiger partial charge >= 0.3 is 0 Å². The van der Waals surface area contributed by atoms with Gasteiger partial charge in [-0.3, -0.25) is 0 Å². The van der Waals surface area contributed by atoms with Crippen LogP contribution in [0.4, 0.5) is 0 Å². The molecule has 1 fully saturated rings. The smallest absolute Gasteiger partial charge is 0.169 e. The topological polar surface area (TPSA) is 90.2 Å². The molecule has 1 aliphatic rings. The molecule has 0 bridgehead atoms. The molecule has 0 radical (unpaired) electrons. The summed E-state index contributed by atoms with van der Waals surface area (Å²) in [7, 11) is 0. The van der Waals surface area contributed by atoms with Crippen molar-refractivity contribution in [3.63, 3.8) is 0 Å². The molecule has 0 spiro atoms. The van der Waals surface area contributed by atoms with E-state index in [0.717, 1.165) is 0 Å². The van der Waals surface area contributed by atoms with Gasteiger partial charge in [-0.2, -0.15) is 0 Å². The number of ether oxygens (including phenoxy) is 1. The van der Waals surface area contributed by atoms with E-state index < -0.39 is 35.1 Å². The van der Waals surface area contributed by atoms with Crippen LogP contribution in [0.1, 0.15) is 0 Å². The summed E-state index contributed by atoms with van der Waals surface area (Å²) in [5.74, 6) is 0. The molecule has 1 heterocycles. The fourth-order valence-corrected chi connectivity index (χ4v) is 1.66. The van der Waals surface area contributed by atoms with E-state index in [1.807, 2.05) is 0 Å². The molecule has 5 atom stereocenters. The molecule has 1 saturated heterocycles. The minimum absolute atomic E-state index is 0.418. The number of hydrogen-bond acceptors (Lipinski definition) is 5. The van der Waals surface area contributed by atoms with Gasteiger partial charge in [-0.05, 0) is 0 Å². The Morgan fingerprint density at radius 3 is 2.25 bits per heavy atom. The van der Waals surface area contributed by atoms with Crippen LogP contribution < -0.4 is 0 Å². The number of hydrogen-bond donors (Lipinski definition) is 4. The van der Waals surface area contributed by atoms with Crippen molar-refractivity contribution in [1.82, 2.24) is 0 Å². The van der Waals surface area contributed by atoms with Crippen LogP contribution in [0.25, 0.3) is 0 Å². The number of aliphatic hydroxyl groups is 4. The van der Waals surface area contributed by atoms with Crippen LogP contribution in [0.15, 0.2) is 0 Å². The van der Waals surface area contributed by atoms with Gasteiger partial charge in [0.15, 0.2) is 6.29 Å². The molecule has 0 aromatic carbocycles. The Kier molecular flexibility index (Phi) is 3.68. The van der Waals surface area contributed by atoms with Gasteiger partial charge in [0.1, 0.15) is 12.2 Å². The Morgan fingerprint density at radius 2 is 1.75 bits per heavy atom. The molecular weight excluding hydrogens is 279 g/mol. The van der Waals surface area contributed by atoms with Crippen LogP contribution in [0.3, 0.4) is 0 Å². The molecule has 0 aromatic rings. The van der Waals surface area contributed by atoms with Crippen LogP contribution in [-0.2, 0) is 4.74 Å². The zero-order valence-electron chi connectivity index (χ0n) is 6.17. The summed E-state index contributed by atoms with van der Waals surface area (Å²) in [5, 5.41) is 36.4. The monoisotopic (exact) mass is 290 g/mol. The van der Waals surface area contributed by atoms with Gasteiger partial charge in [0.05, 0.1) is 16.6 Å². The maximum absolute atomic E-state index is 9.31. The second-order valence-corrected chi connectivity index (χ2v) is 4.11. The maximum atomic E-state index is 9.31. The van der Waals surface area contributed by atoms with Crippen molar-refractivity contribution in [2.75, 3.05) is 6.61 Å². The summed E-state index contributed by atoms with van der Waals surface area (Å²) in [6.45, 7) is -0.418. The highest BCUT2D eigenvalue weighted by atomic mass is 127. The number of alkyl halides is 1. The Balaban J connectivity index is 2.63. The lowest BCUT2D eigenvalue weighted by molar-refractivity contribution is -0.231. The normalized spacial score (nSPS) is 49.2. The molecule has 6 heteroatoms. The molecule has 0 saturated carbocycles. The van der Waals surface area contributed by atoms with E-state index in [2.05, 4.69) is 0 Å². The van der Waals surface area contributed by atoms with Gasteiger partial charge in [-0.25, -0.2) is 0 Å². The van der Waals surface area contributed by atoms with E-state index in [1.54, 1.807) is 22.6 Å². The van der Waals surface area contributed by atoms with Crippen molar-refractivity contribution in [2.24, 2.45) is 0 Å².